The van der Waals surface area contributed by atoms with E-state index in [1.807, 2.05) is 0 Å². The van der Waals surface area contributed by atoms with Crippen LogP contribution in [0.4, 0.5) is 8.78 Å². The van der Waals surface area contributed by atoms with E-state index in [4.69, 9.17) is 9.47 Å². The molecule has 6 nitrogen and oxygen atoms in total. The molecule has 2 aliphatic heterocycles. The van der Waals surface area contributed by atoms with Gasteiger partial charge in [-0.1, -0.05) is 0 Å². The van der Waals surface area contributed by atoms with Crippen LogP contribution in [0.3, 0.4) is 0 Å². The Morgan fingerprint density at radius 2 is 1.65 bits per heavy atom. The van der Waals surface area contributed by atoms with Crippen LogP contribution in [0, 0.1) is 11.6 Å². The summed E-state index contributed by atoms with van der Waals surface area (Å²) in [5.74, 6) is -1.78. The summed E-state index contributed by atoms with van der Waals surface area (Å²) in [5.41, 5.74) is 0.710. The van der Waals surface area contributed by atoms with Gasteiger partial charge in [0.25, 0.3) is 11.8 Å². The van der Waals surface area contributed by atoms with Crippen molar-refractivity contribution < 1.29 is 27.8 Å². The summed E-state index contributed by atoms with van der Waals surface area (Å²) in [5, 5.41) is 0. The molecular formula is C23H24F2N2O4. The number of hydrogen-bond donors (Lipinski definition) is 0. The fourth-order valence-corrected chi connectivity index (χ4v) is 3.91. The maximum atomic E-state index is 13.5. The Balaban J connectivity index is 1.35. The highest BCUT2D eigenvalue weighted by Crippen LogP contribution is 2.23. The van der Waals surface area contributed by atoms with E-state index in [2.05, 4.69) is 0 Å². The minimum absolute atomic E-state index is 0.0334. The van der Waals surface area contributed by atoms with Crippen LogP contribution in [0.5, 0.6) is 5.75 Å². The van der Waals surface area contributed by atoms with Gasteiger partial charge in [0.1, 0.15) is 12.4 Å². The Morgan fingerprint density at radius 3 is 2.35 bits per heavy atom. The smallest absolute Gasteiger partial charge is 0.254 e. The van der Waals surface area contributed by atoms with Gasteiger partial charge in [-0.2, -0.15) is 0 Å². The monoisotopic (exact) mass is 430 g/mol. The summed E-state index contributed by atoms with van der Waals surface area (Å²) >= 11 is 0. The van der Waals surface area contributed by atoms with Crippen molar-refractivity contribution >= 4 is 11.8 Å². The first kappa shape index (κ1) is 21.2. The van der Waals surface area contributed by atoms with E-state index >= 15 is 0 Å². The molecule has 0 unspecified atom stereocenters. The van der Waals surface area contributed by atoms with Gasteiger partial charge in [-0.25, -0.2) is 8.78 Å². The number of halogens is 2. The Bertz CT molecular complexity index is 945. The molecule has 164 valence electrons. The Morgan fingerprint density at radius 1 is 0.935 bits per heavy atom. The fourth-order valence-electron chi connectivity index (χ4n) is 3.91. The summed E-state index contributed by atoms with van der Waals surface area (Å²) < 4.78 is 37.8. The topological polar surface area (TPSA) is 59.1 Å². The molecule has 1 atom stereocenters. The molecule has 2 fully saturated rings. The summed E-state index contributed by atoms with van der Waals surface area (Å²) in [6.07, 6.45) is 1.58. The zero-order chi connectivity index (χ0) is 21.8. The standard InChI is InChI=1S/C23H24F2N2O4/c24-20-8-5-17(14-21(20)25)23(29)27-9-1-2-18(27)15-31-19-6-3-16(4-7-19)22(28)26-10-12-30-13-11-26/h3-8,14,18H,1-2,9-13,15H2/t18-/m1/s1. The van der Waals surface area contributed by atoms with Crippen LogP contribution in [0.15, 0.2) is 42.5 Å². The van der Waals surface area contributed by atoms with Crippen LogP contribution in [0.25, 0.3) is 0 Å². The quantitative estimate of drug-likeness (QED) is 0.732. The van der Waals surface area contributed by atoms with Crippen molar-refractivity contribution in [3.8, 4) is 5.75 Å². The molecule has 2 heterocycles. The number of benzene rings is 2. The molecule has 0 spiro atoms. The Kier molecular flexibility index (Phi) is 6.46. The van der Waals surface area contributed by atoms with Gasteiger partial charge < -0.3 is 19.3 Å². The number of likely N-dealkylation sites (tertiary alicyclic amines) is 1. The van der Waals surface area contributed by atoms with Gasteiger partial charge in [0, 0.05) is 30.8 Å². The molecule has 8 heteroatoms. The van der Waals surface area contributed by atoms with Gasteiger partial charge in [-0.3, -0.25) is 9.59 Å². The highest BCUT2D eigenvalue weighted by molar-refractivity contribution is 5.95. The van der Waals surface area contributed by atoms with Crippen LogP contribution in [0.2, 0.25) is 0 Å². The average Bonchev–Trinajstić information content (AvgIpc) is 3.28. The van der Waals surface area contributed by atoms with Crippen molar-refractivity contribution in [3.63, 3.8) is 0 Å². The van der Waals surface area contributed by atoms with Crippen molar-refractivity contribution in [2.75, 3.05) is 39.5 Å². The van der Waals surface area contributed by atoms with E-state index in [1.54, 1.807) is 34.1 Å². The zero-order valence-corrected chi connectivity index (χ0v) is 17.1. The first-order valence-electron chi connectivity index (χ1n) is 10.4. The van der Waals surface area contributed by atoms with E-state index < -0.39 is 11.6 Å². The summed E-state index contributed by atoms with van der Waals surface area (Å²) in [7, 11) is 0. The maximum Gasteiger partial charge on any atom is 0.254 e. The SMILES string of the molecule is O=C(c1ccc(OC[C@H]2CCCN2C(=O)c2ccc(F)c(F)c2)cc1)N1CCOCC1. The Hall–Kier alpha value is -3.00. The van der Waals surface area contributed by atoms with Crippen molar-refractivity contribution in [1.82, 2.24) is 9.80 Å². The largest absolute Gasteiger partial charge is 0.491 e. The van der Waals surface area contributed by atoms with Crippen molar-refractivity contribution in [3.05, 3.63) is 65.2 Å². The maximum absolute atomic E-state index is 13.5. The molecule has 0 N–H and O–H groups in total. The number of rotatable bonds is 5. The molecule has 4 rings (SSSR count). The Labute approximate surface area is 179 Å². The lowest BCUT2D eigenvalue weighted by molar-refractivity contribution is 0.0303. The predicted octanol–water partition coefficient (Wildman–Crippen LogP) is 3.12. The van der Waals surface area contributed by atoms with Crippen LogP contribution >= 0.6 is 0 Å². The lowest BCUT2D eigenvalue weighted by atomic mass is 10.1. The normalized spacial score (nSPS) is 18.8. The van der Waals surface area contributed by atoms with Crippen molar-refractivity contribution in [2.24, 2.45) is 0 Å². The molecular weight excluding hydrogens is 406 g/mol. The third-order valence-corrected chi connectivity index (χ3v) is 5.65. The molecule has 0 aliphatic carbocycles. The third kappa shape index (κ3) is 4.85. The van der Waals surface area contributed by atoms with E-state index in [9.17, 15) is 18.4 Å². The third-order valence-electron chi connectivity index (χ3n) is 5.65. The molecule has 0 bridgehead atoms. The van der Waals surface area contributed by atoms with Crippen LogP contribution < -0.4 is 4.74 Å². The number of amides is 2. The van der Waals surface area contributed by atoms with Gasteiger partial charge in [-0.05, 0) is 55.3 Å². The van der Waals surface area contributed by atoms with E-state index in [-0.39, 0.29) is 30.0 Å². The van der Waals surface area contributed by atoms with Gasteiger partial charge in [0.2, 0.25) is 0 Å². The first-order valence-corrected chi connectivity index (χ1v) is 10.4. The van der Waals surface area contributed by atoms with E-state index in [0.717, 1.165) is 25.0 Å². The van der Waals surface area contributed by atoms with Crippen molar-refractivity contribution in [2.45, 2.75) is 18.9 Å². The highest BCUT2D eigenvalue weighted by atomic mass is 19.2. The second-order valence-electron chi connectivity index (χ2n) is 7.66. The summed E-state index contributed by atoms with van der Waals surface area (Å²) in [6.45, 7) is 3.09. The lowest BCUT2D eigenvalue weighted by Crippen LogP contribution is -2.40. The molecule has 2 aromatic carbocycles. The van der Waals surface area contributed by atoms with E-state index in [0.29, 0.717) is 44.2 Å². The molecule has 2 saturated heterocycles. The highest BCUT2D eigenvalue weighted by Gasteiger charge is 2.30. The number of carbonyl (C=O) groups is 2. The lowest BCUT2D eigenvalue weighted by Gasteiger charge is -2.27. The number of nitrogens with zero attached hydrogens (tertiary/aromatic N) is 2. The van der Waals surface area contributed by atoms with Gasteiger partial charge in [0.15, 0.2) is 11.6 Å². The average molecular weight is 430 g/mol. The second kappa shape index (κ2) is 9.43. The minimum Gasteiger partial charge on any atom is -0.491 e. The van der Waals surface area contributed by atoms with Gasteiger partial charge >= 0.3 is 0 Å². The molecule has 0 aromatic heterocycles. The number of morpholine rings is 1. The molecule has 2 aromatic rings. The molecule has 2 amide bonds. The molecule has 31 heavy (non-hydrogen) atoms. The van der Waals surface area contributed by atoms with Crippen LogP contribution in [-0.4, -0.2) is 67.1 Å². The predicted molar refractivity (Wildman–Crippen MR) is 109 cm³/mol. The van der Waals surface area contributed by atoms with Crippen molar-refractivity contribution in [1.29, 1.82) is 0 Å². The second-order valence-corrected chi connectivity index (χ2v) is 7.66. The van der Waals surface area contributed by atoms with Crippen LogP contribution in [-0.2, 0) is 4.74 Å². The first-order chi connectivity index (χ1) is 15.0. The summed E-state index contributed by atoms with van der Waals surface area (Å²) in [6, 6.07) is 9.96. The number of carbonyl (C=O) groups excluding carboxylic acids is 2. The van der Waals surface area contributed by atoms with Gasteiger partial charge in [0.05, 0.1) is 19.3 Å². The zero-order valence-electron chi connectivity index (χ0n) is 17.1. The minimum atomic E-state index is -1.04. The number of hydrogen-bond acceptors (Lipinski definition) is 4. The number of ether oxygens (including phenoxy) is 2. The van der Waals surface area contributed by atoms with Gasteiger partial charge in [-0.15, -0.1) is 0 Å². The summed E-state index contributed by atoms with van der Waals surface area (Å²) in [4.78, 5) is 28.6. The molecule has 0 radical (unpaired) electrons. The molecule has 0 saturated carbocycles. The molecule has 2 aliphatic rings. The fraction of sp³-hybridized carbons (Fsp3) is 0.391. The van der Waals surface area contributed by atoms with E-state index in [1.165, 1.54) is 6.07 Å². The van der Waals surface area contributed by atoms with Crippen LogP contribution in [0.1, 0.15) is 33.6 Å².